The number of benzene rings is 2. The molecule has 2 aromatic rings. The van der Waals surface area contributed by atoms with E-state index in [4.69, 9.17) is 4.74 Å². The van der Waals surface area contributed by atoms with E-state index in [1.165, 1.54) is 0 Å². The Morgan fingerprint density at radius 1 is 1.22 bits per heavy atom. The van der Waals surface area contributed by atoms with E-state index in [0.29, 0.717) is 12.5 Å². The molecule has 2 atom stereocenters. The van der Waals surface area contributed by atoms with Crippen LogP contribution in [-0.2, 0) is 16.8 Å². The number of fused-ring (bicyclic) bond motifs is 1. The molecule has 138 valence electrons. The third-order valence-corrected chi connectivity index (χ3v) is 5.61. The third kappa shape index (κ3) is 3.07. The number of rotatable bonds is 4. The van der Waals surface area contributed by atoms with Gasteiger partial charge in [0.05, 0.1) is 4.92 Å². The highest BCUT2D eigenvalue weighted by Gasteiger charge is 2.59. The first-order valence-electron chi connectivity index (χ1n) is 8.92. The second-order valence-corrected chi connectivity index (χ2v) is 7.18. The Labute approximate surface area is 157 Å². The standard InChI is InChI=1S/C21H20N2O4/c1-15-12-22(20(24)27-14-16-5-3-2-4-6-16)13-18-11-21(15,18)17-7-9-19(10-8-17)23(25)26/h2-10,12,18H,11,13-14H2,1H3. The molecule has 1 fully saturated rings. The number of non-ortho nitro benzene ring substituents is 1. The highest BCUT2D eigenvalue weighted by molar-refractivity contribution is 5.70. The number of nitrogens with zero attached hydrogens (tertiary/aromatic N) is 2. The SMILES string of the molecule is CC1=CN(C(=O)OCc2ccccc2)CC2CC12c1ccc([N+](=O)[O-])cc1. The van der Waals surface area contributed by atoms with Crippen molar-refractivity contribution in [2.45, 2.75) is 25.4 Å². The zero-order valence-electron chi connectivity index (χ0n) is 15.0. The molecule has 1 heterocycles. The topological polar surface area (TPSA) is 72.7 Å². The number of hydrogen-bond donors (Lipinski definition) is 0. The van der Waals surface area contributed by atoms with Crippen LogP contribution in [0.25, 0.3) is 0 Å². The fraction of sp³-hybridized carbons (Fsp3) is 0.286. The minimum absolute atomic E-state index is 0.0934. The predicted octanol–water partition coefficient (Wildman–Crippen LogP) is 4.41. The third-order valence-electron chi connectivity index (χ3n) is 5.61. The fourth-order valence-corrected chi connectivity index (χ4v) is 4.06. The molecular weight excluding hydrogens is 344 g/mol. The molecule has 4 rings (SSSR count). The molecule has 1 aliphatic heterocycles. The number of nitro groups is 1. The molecular formula is C21H20N2O4. The van der Waals surface area contributed by atoms with Crippen LogP contribution in [0.4, 0.5) is 10.5 Å². The average Bonchev–Trinajstić information content (AvgIpc) is 3.43. The second-order valence-electron chi connectivity index (χ2n) is 7.18. The zero-order chi connectivity index (χ0) is 19.0. The molecule has 0 spiro atoms. The van der Waals surface area contributed by atoms with Crippen molar-refractivity contribution in [2.24, 2.45) is 5.92 Å². The van der Waals surface area contributed by atoms with Gasteiger partial charge in [0.1, 0.15) is 6.61 Å². The normalized spacial score (nSPS) is 23.2. The Balaban J connectivity index is 1.46. The maximum atomic E-state index is 12.4. The van der Waals surface area contributed by atoms with Gasteiger partial charge in [-0.1, -0.05) is 42.5 Å². The van der Waals surface area contributed by atoms with E-state index < -0.39 is 0 Å². The van der Waals surface area contributed by atoms with E-state index in [2.05, 4.69) is 0 Å². The minimum Gasteiger partial charge on any atom is -0.444 e. The van der Waals surface area contributed by atoms with Gasteiger partial charge in [-0.25, -0.2) is 4.79 Å². The van der Waals surface area contributed by atoms with Gasteiger partial charge in [0, 0.05) is 30.3 Å². The van der Waals surface area contributed by atoms with Crippen LogP contribution in [0.3, 0.4) is 0 Å². The number of hydrogen-bond acceptors (Lipinski definition) is 4. The van der Waals surface area contributed by atoms with Crippen LogP contribution in [0.5, 0.6) is 0 Å². The van der Waals surface area contributed by atoms with E-state index in [1.807, 2.05) is 55.6 Å². The number of ether oxygens (including phenoxy) is 1. The Morgan fingerprint density at radius 3 is 2.56 bits per heavy atom. The van der Waals surface area contributed by atoms with Gasteiger partial charge in [-0.3, -0.25) is 15.0 Å². The maximum absolute atomic E-state index is 12.4. The van der Waals surface area contributed by atoms with Gasteiger partial charge in [0.2, 0.25) is 0 Å². The van der Waals surface area contributed by atoms with Gasteiger partial charge in [-0.2, -0.15) is 0 Å². The summed E-state index contributed by atoms with van der Waals surface area (Å²) < 4.78 is 5.43. The van der Waals surface area contributed by atoms with Crippen LogP contribution in [0.1, 0.15) is 24.5 Å². The van der Waals surface area contributed by atoms with E-state index >= 15 is 0 Å². The molecule has 1 saturated carbocycles. The molecule has 1 amide bonds. The molecule has 6 heteroatoms. The lowest BCUT2D eigenvalue weighted by Gasteiger charge is -2.29. The highest BCUT2D eigenvalue weighted by Crippen LogP contribution is 2.61. The number of allylic oxidation sites excluding steroid dienone is 1. The largest absolute Gasteiger partial charge is 0.444 e. The van der Waals surface area contributed by atoms with Gasteiger partial charge in [-0.05, 0) is 36.0 Å². The van der Waals surface area contributed by atoms with Crippen LogP contribution in [0.15, 0.2) is 66.4 Å². The summed E-state index contributed by atoms with van der Waals surface area (Å²) in [4.78, 5) is 24.5. The van der Waals surface area contributed by atoms with Gasteiger partial charge >= 0.3 is 6.09 Å². The van der Waals surface area contributed by atoms with Gasteiger partial charge in [-0.15, -0.1) is 0 Å². The first-order valence-corrected chi connectivity index (χ1v) is 8.92. The first-order chi connectivity index (χ1) is 13.0. The maximum Gasteiger partial charge on any atom is 0.414 e. The van der Waals surface area contributed by atoms with Crippen molar-refractivity contribution < 1.29 is 14.5 Å². The van der Waals surface area contributed by atoms with Crippen molar-refractivity contribution in [1.29, 1.82) is 0 Å². The molecule has 27 heavy (non-hydrogen) atoms. The van der Waals surface area contributed by atoms with Crippen molar-refractivity contribution in [3.63, 3.8) is 0 Å². The number of carbonyl (C=O) groups excluding carboxylic acids is 1. The summed E-state index contributed by atoms with van der Waals surface area (Å²) in [5.41, 5.74) is 3.10. The van der Waals surface area contributed by atoms with Crippen molar-refractivity contribution >= 4 is 11.8 Å². The van der Waals surface area contributed by atoms with Gasteiger partial charge < -0.3 is 4.74 Å². The molecule has 2 unspecified atom stereocenters. The van der Waals surface area contributed by atoms with Crippen LogP contribution >= 0.6 is 0 Å². The van der Waals surface area contributed by atoms with Gasteiger partial charge in [0.15, 0.2) is 0 Å². The molecule has 2 aliphatic rings. The molecule has 0 radical (unpaired) electrons. The molecule has 2 aromatic carbocycles. The first kappa shape index (κ1) is 17.3. The lowest BCUT2D eigenvalue weighted by molar-refractivity contribution is -0.384. The van der Waals surface area contributed by atoms with Crippen molar-refractivity contribution in [2.75, 3.05) is 6.54 Å². The van der Waals surface area contributed by atoms with E-state index in [9.17, 15) is 14.9 Å². The Hall–Kier alpha value is -3.15. The number of nitro benzene ring substituents is 1. The molecule has 0 N–H and O–H groups in total. The molecule has 0 aromatic heterocycles. The summed E-state index contributed by atoms with van der Waals surface area (Å²) in [5, 5.41) is 10.9. The Kier molecular flexibility index (Phi) is 4.18. The molecule has 0 bridgehead atoms. The molecule has 1 aliphatic carbocycles. The van der Waals surface area contributed by atoms with Crippen LogP contribution in [0, 0.1) is 16.0 Å². The quantitative estimate of drug-likeness (QED) is 0.595. The zero-order valence-corrected chi connectivity index (χ0v) is 15.0. The van der Waals surface area contributed by atoms with Crippen molar-refractivity contribution in [1.82, 2.24) is 4.90 Å². The van der Waals surface area contributed by atoms with E-state index in [1.54, 1.807) is 17.0 Å². The fourth-order valence-electron chi connectivity index (χ4n) is 4.06. The summed E-state index contributed by atoms with van der Waals surface area (Å²) in [6.45, 7) is 2.86. The molecule has 0 saturated heterocycles. The molecule has 6 nitrogen and oxygen atoms in total. The van der Waals surface area contributed by atoms with Crippen LogP contribution in [-0.4, -0.2) is 22.5 Å². The average molecular weight is 364 g/mol. The smallest absolute Gasteiger partial charge is 0.414 e. The number of amides is 1. The van der Waals surface area contributed by atoms with Crippen molar-refractivity contribution in [3.05, 3.63) is 87.6 Å². The Bertz CT molecular complexity index is 908. The summed E-state index contributed by atoms with van der Waals surface area (Å²) in [6.07, 6.45) is 2.45. The summed E-state index contributed by atoms with van der Waals surface area (Å²) in [7, 11) is 0. The lowest BCUT2D eigenvalue weighted by Crippen LogP contribution is -2.35. The van der Waals surface area contributed by atoms with Crippen LogP contribution in [0.2, 0.25) is 0 Å². The second kappa shape index (κ2) is 6.54. The predicted molar refractivity (Wildman–Crippen MR) is 100.0 cm³/mol. The summed E-state index contributed by atoms with van der Waals surface area (Å²) >= 11 is 0. The monoisotopic (exact) mass is 364 g/mol. The Morgan fingerprint density at radius 2 is 1.93 bits per heavy atom. The number of carbonyl (C=O) groups is 1. The highest BCUT2D eigenvalue weighted by atomic mass is 16.6. The van der Waals surface area contributed by atoms with Crippen LogP contribution < -0.4 is 0 Å². The van der Waals surface area contributed by atoms with E-state index in [0.717, 1.165) is 23.1 Å². The lowest BCUT2D eigenvalue weighted by atomic mass is 9.85. The van der Waals surface area contributed by atoms with E-state index in [-0.39, 0.29) is 28.7 Å². The van der Waals surface area contributed by atoms with Gasteiger partial charge in [0.25, 0.3) is 5.69 Å². The minimum atomic E-state index is -0.389. The summed E-state index contributed by atoms with van der Waals surface area (Å²) in [6, 6.07) is 16.4. The van der Waals surface area contributed by atoms with Crippen molar-refractivity contribution in [3.8, 4) is 0 Å². The summed E-state index contributed by atoms with van der Waals surface area (Å²) in [5.74, 6) is 0.313.